The highest BCUT2D eigenvalue weighted by molar-refractivity contribution is 6.30. The first kappa shape index (κ1) is 15.6. The SMILES string of the molecule is COc1cccc2c1CC(Oc1ccc(Cl)cc1OC1CNC1)C2. The van der Waals surface area contributed by atoms with Crippen molar-refractivity contribution in [1.29, 1.82) is 0 Å². The maximum absolute atomic E-state index is 6.25. The van der Waals surface area contributed by atoms with Crippen molar-refractivity contribution in [3.63, 3.8) is 0 Å². The van der Waals surface area contributed by atoms with Crippen LogP contribution in [0.3, 0.4) is 0 Å². The van der Waals surface area contributed by atoms with E-state index in [1.54, 1.807) is 7.11 Å². The lowest BCUT2D eigenvalue weighted by atomic mass is 10.1. The second kappa shape index (κ2) is 6.54. The van der Waals surface area contributed by atoms with E-state index in [2.05, 4.69) is 11.4 Å². The fourth-order valence-electron chi connectivity index (χ4n) is 3.23. The highest BCUT2D eigenvalue weighted by Crippen LogP contribution is 2.36. The topological polar surface area (TPSA) is 39.7 Å². The van der Waals surface area contributed by atoms with Gasteiger partial charge in [0, 0.05) is 42.6 Å². The van der Waals surface area contributed by atoms with Gasteiger partial charge in [-0.25, -0.2) is 0 Å². The summed E-state index contributed by atoms with van der Waals surface area (Å²) in [6.45, 7) is 1.72. The lowest BCUT2D eigenvalue weighted by Crippen LogP contribution is -2.50. The lowest BCUT2D eigenvalue weighted by molar-refractivity contribution is 0.128. The molecule has 1 N–H and O–H groups in total. The molecule has 1 aliphatic carbocycles. The fraction of sp³-hybridized carbons (Fsp3) is 0.368. The summed E-state index contributed by atoms with van der Waals surface area (Å²) in [5.41, 5.74) is 2.53. The van der Waals surface area contributed by atoms with Gasteiger partial charge < -0.3 is 19.5 Å². The third kappa shape index (κ3) is 3.04. The highest BCUT2D eigenvalue weighted by atomic mass is 35.5. The maximum Gasteiger partial charge on any atom is 0.163 e. The van der Waals surface area contributed by atoms with E-state index in [4.69, 9.17) is 25.8 Å². The number of hydrogen-bond acceptors (Lipinski definition) is 4. The van der Waals surface area contributed by atoms with Gasteiger partial charge in [-0.3, -0.25) is 0 Å². The third-order valence-corrected chi connectivity index (χ3v) is 4.80. The molecule has 0 aromatic heterocycles. The predicted molar refractivity (Wildman–Crippen MR) is 93.6 cm³/mol. The molecule has 2 aromatic carbocycles. The van der Waals surface area contributed by atoms with Crippen molar-refractivity contribution in [2.75, 3.05) is 20.2 Å². The van der Waals surface area contributed by atoms with E-state index < -0.39 is 0 Å². The van der Waals surface area contributed by atoms with Crippen molar-refractivity contribution >= 4 is 11.6 Å². The van der Waals surface area contributed by atoms with Crippen LogP contribution in [-0.4, -0.2) is 32.4 Å². The van der Waals surface area contributed by atoms with Gasteiger partial charge in [0.25, 0.3) is 0 Å². The van der Waals surface area contributed by atoms with Crippen LogP contribution < -0.4 is 19.5 Å². The van der Waals surface area contributed by atoms with Crippen molar-refractivity contribution in [2.24, 2.45) is 0 Å². The van der Waals surface area contributed by atoms with Crippen molar-refractivity contribution in [3.05, 3.63) is 52.5 Å². The Kier molecular flexibility index (Phi) is 4.25. The van der Waals surface area contributed by atoms with E-state index in [-0.39, 0.29) is 12.2 Å². The van der Waals surface area contributed by atoms with E-state index in [0.717, 1.165) is 43.2 Å². The van der Waals surface area contributed by atoms with E-state index >= 15 is 0 Å². The van der Waals surface area contributed by atoms with Gasteiger partial charge in [-0.05, 0) is 23.8 Å². The summed E-state index contributed by atoms with van der Waals surface area (Å²) in [4.78, 5) is 0. The Hall–Kier alpha value is -1.91. The standard InChI is InChI=1S/C19H20ClNO3/c1-22-17-4-2-3-12-7-14(9-16(12)17)23-18-6-5-13(20)8-19(18)24-15-10-21-11-15/h2-6,8,14-15,21H,7,9-11H2,1H3. The molecule has 4 rings (SSSR count). The molecular weight excluding hydrogens is 326 g/mol. The Labute approximate surface area is 146 Å². The zero-order valence-electron chi connectivity index (χ0n) is 13.5. The molecule has 1 fully saturated rings. The fourth-order valence-corrected chi connectivity index (χ4v) is 3.39. The Morgan fingerprint density at radius 2 is 1.79 bits per heavy atom. The molecule has 1 aliphatic heterocycles. The Morgan fingerprint density at radius 1 is 0.958 bits per heavy atom. The molecule has 2 aromatic rings. The van der Waals surface area contributed by atoms with E-state index in [1.165, 1.54) is 11.1 Å². The van der Waals surface area contributed by atoms with Crippen LogP contribution in [0.1, 0.15) is 11.1 Å². The molecule has 0 saturated carbocycles. The van der Waals surface area contributed by atoms with Gasteiger partial charge in [0.1, 0.15) is 18.0 Å². The first-order chi connectivity index (χ1) is 11.7. The first-order valence-electron chi connectivity index (χ1n) is 8.21. The molecule has 1 heterocycles. The van der Waals surface area contributed by atoms with Gasteiger partial charge in [0.2, 0.25) is 0 Å². The number of rotatable bonds is 5. The summed E-state index contributed by atoms with van der Waals surface area (Å²) in [7, 11) is 1.71. The number of hydrogen-bond donors (Lipinski definition) is 1. The van der Waals surface area contributed by atoms with Crippen LogP contribution in [0.2, 0.25) is 5.02 Å². The van der Waals surface area contributed by atoms with Gasteiger partial charge in [-0.1, -0.05) is 23.7 Å². The summed E-state index contributed by atoms with van der Waals surface area (Å²) in [6.07, 6.45) is 1.98. The van der Waals surface area contributed by atoms with Gasteiger partial charge in [0.05, 0.1) is 7.11 Å². The van der Waals surface area contributed by atoms with Crippen molar-refractivity contribution in [1.82, 2.24) is 5.32 Å². The van der Waals surface area contributed by atoms with Crippen LogP contribution >= 0.6 is 11.6 Å². The minimum Gasteiger partial charge on any atom is -0.496 e. The summed E-state index contributed by atoms with van der Waals surface area (Å²) in [6, 6.07) is 11.7. The normalized spacial score (nSPS) is 19.5. The monoisotopic (exact) mass is 345 g/mol. The number of ether oxygens (including phenoxy) is 3. The Balaban J connectivity index is 1.52. The number of fused-ring (bicyclic) bond motifs is 1. The van der Waals surface area contributed by atoms with Crippen LogP contribution in [0.4, 0.5) is 0 Å². The summed E-state index contributed by atoms with van der Waals surface area (Å²) in [5, 5.41) is 3.85. The van der Waals surface area contributed by atoms with Crippen LogP contribution in [0, 0.1) is 0 Å². The van der Waals surface area contributed by atoms with Gasteiger partial charge in [-0.15, -0.1) is 0 Å². The summed E-state index contributed by atoms with van der Waals surface area (Å²) >= 11 is 6.12. The Morgan fingerprint density at radius 3 is 2.54 bits per heavy atom. The van der Waals surface area contributed by atoms with Crippen LogP contribution in [0.15, 0.2) is 36.4 Å². The van der Waals surface area contributed by atoms with Crippen molar-refractivity contribution in [2.45, 2.75) is 25.0 Å². The van der Waals surface area contributed by atoms with Gasteiger partial charge in [0.15, 0.2) is 11.5 Å². The molecule has 2 aliphatic rings. The number of nitrogens with one attached hydrogen (secondary N) is 1. The average molecular weight is 346 g/mol. The Bertz CT molecular complexity index is 745. The quantitative estimate of drug-likeness (QED) is 0.903. The molecule has 0 bridgehead atoms. The van der Waals surface area contributed by atoms with Crippen molar-refractivity contribution in [3.8, 4) is 17.2 Å². The zero-order valence-corrected chi connectivity index (χ0v) is 14.3. The second-order valence-corrected chi connectivity index (χ2v) is 6.67. The maximum atomic E-state index is 6.25. The zero-order chi connectivity index (χ0) is 16.5. The molecule has 126 valence electrons. The molecule has 1 saturated heterocycles. The minimum atomic E-state index is 0.0827. The molecule has 0 amide bonds. The second-order valence-electron chi connectivity index (χ2n) is 6.24. The third-order valence-electron chi connectivity index (χ3n) is 4.57. The molecule has 4 nitrogen and oxygen atoms in total. The predicted octanol–water partition coefficient (Wildman–Crippen LogP) is 3.25. The average Bonchev–Trinajstić information content (AvgIpc) is 2.95. The van der Waals surface area contributed by atoms with Gasteiger partial charge in [-0.2, -0.15) is 0 Å². The summed E-state index contributed by atoms with van der Waals surface area (Å²) < 4.78 is 17.7. The molecule has 1 unspecified atom stereocenters. The van der Waals surface area contributed by atoms with Crippen LogP contribution in [0.25, 0.3) is 0 Å². The number of methoxy groups -OCH3 is 1. The van der Waals surface area contributed by atoms with Crippen LogP contribution in [-0.2, 0) is 12.8 Å². The van der Waals surface area contributed by atoms with Crippen LogP contribution in [0.5, 0.6) is 17.2 Å². The molecule has 0 spiro atoms. The van der Waals surface area contributed by atoms with E-state index in [9.17, 15) is 0 Å². The van der Waals surface area contributed by atoms with Gasteiger partial charge >= 0.3 is 0 Å². The number of benzene rings is 2. The largest absolute Gasteiger partial charge is 0.496 e. The molecule has 24 heavy (non-hydrogen) atoms. The van der Waals surface area contributed by atoms with Crippen molar-refractivity contribution < 1.29 is 14.2 Å². The number of halogens is 1. The minimum absolute atomic E-state index is 0.0827. The molecule has 5 heteroatoms. The van der Waals surface area contributed by atoms with E-state index in [0.29, 0.717) is 5.02 Å². The molecule has 0 radical (unpaired) electrons. The van der Waals surface area contributed by atoms with E-state index in [1.807, 2.05) is 30.3 Å². The molecular formula is C19H20ClNO3. The highest BCUT2D eigenvalue weighted by Gasteiger charge is 2.27. The smallest absolute Gasteiger partial charge is 0.163 e. The summed E-state index contributed by atoms with van der Waals surface area (Å²) in [5.74, 6) is 2.41. The molecule has 1 atom stereocenters. The first-order valence-corrected chi connectivity index (χ1v) is 8.59. The lowest BCUT2D eigenvalue weighted by Gasteiger charge is -2.29.